The van der Waals surface area contributed by atoms with Gasteiger partial charge in [-0.25, -0.2) is 0 Å². The molecule has 1 aliphatic heterocycles. The molecule has 0 amide bonds. The van der Waals surface area contributed by atoms with E-state index >= 15 is 0 Å². The van der Waals surface area contributed by atoms with Gasteiger partial charge in [-0.1, -0.05) is 23.7 Å². The largest absolute Gasteiger partial charge is 0.378 e. The lowest BCUT2D eigenvalue weighted by atomic mass is 10.0. The Morgan fingerprint density at radius 1 is 1.24 bits per heavy atom. The van der Waals surface area contributed by atoms with Gasteiger partial charge in [0.1, 0.15) is 0 Å². The summed E-state index contributed by atoms with van der Waals surface area (Å²) in [4.78, 5) is 4.45. The Morgan fingerprint density at radius 3 is 2.71 bits per heavy atom. The molecule has 1 atom stereocenters. The molecule has 0 spiro atoms. The number of hydrogen-bond acceptors (Lipinski definition) is 3. The second-order valence-electron chi connectivity index (χ2n) is 5.64. The quantitative estimate of drug-likeness (QED) is 0.943. The summed E-state index contributed by atoms with van der Waals surface area (Å²) >= 11 is 6.13. The van der Waals surface area contributed by atoms with E-state index in [2.05, 4.69) is 48.2 Å². The molecule has 4 heteroatoms. The van der Waals surface area contributed by atoms with Gasteiger partial charge in [-0.3, -0.25) is 0 Å². The van der Waals surface area contributed by atoms with Gasteiger partial charge in [-0.05, 0) is 41.5 Å². The van der Waals surface area contributed by atoms with E-state index in [0.717, 1.165) is 17.3 Å². The van der Waals surface area contributed by atoms with Crippen molar-refractivity contribution in [3.05, 3.63) is 58.6 Å². The van der Waals surface area contributed by atoms with Crippen molar-refractivity contribution >= 4 is 23.0 Å². The predicted molar refractivity (Wildman–Crippen MR) is 90.2 cm³/mol. The lowest BCUT2D eigenvalue weighted by molar-refractivity contribution is 0.679. The molecule has 3 rings (SSSR count). The van der Waals surface area contributed by atoms with E-state index in [9.17, 15) is 0 Å². The van der Waals surface area contributed by atoms with E-state index in [1.54, 1.807) is 0 Å². The highest BCUT2D eigenvalue weighted by atomic mass is 35.5. The molecular formula is C17H20ClN3. The van der Waals surface area contributed by atoms with Crippen molar-refractivity contribution in [2.45, 2.75) is 12.6 Å². The lowest BCUT2D eigenvalue weighted by Gasteiger charge is -2.26. The number of nitrogens with zero attached hydrogens (tertiary/aromatic N) is 2. The molecule has 0 bridgehead atoms. The molecule has 0 saturated heterocycles. The summed E-state index contributed by atoms with van der Waals surface area (Å²) in [6, 6.07) is 14.8. The maximum atomic E-state index is 6.13. The molecule has 2 aromatic carbocycles. The van der Waals surface area contributed by atoms with Crippen LogP contribution in [-0.2, 0) is 6.54 Å². The van der Waals surface area contributed by atoms with Crippen molar-refractivity contribution in [2.75, 3.05) is 30.4 Å². The molecule has 0 radical (unpaired) electrons. The van der Waals surface area contributed by atoms with Crippen LogP contribution < -0.4 is 15.5 Å². The predicted octanol–water partition coefficient (Wildman–Crippen LogP) is 3.43. The third-order valence-electron chi connectivity index (χ3n) is 4.08. The molecular weight excluding hydrogens is 282 g/mol. The fourth-order valence-corrected chi connectivity index (χ4v) is 3.14. The molecule has 1 heterocycles. The third-order valence-corrected chi connectivity index (χ3v) is 4.32. The Morgan fingerprint density at radius 2 is 2.05 bits per heavy atom. The van der Waals surface area contributed by atoms with Crippen LogP contribution >= 0.6 is 11.6 Å². The highest BCUT2D eigenvalue weighted by Gasteiger charge is 2.29. The van der Waals surface area contributed by atoms with Crippen molar-refractivity contribution in [1.82, 2.24) is 0 Å². The van der Waals surface area contributed by atoms with E-state index in [-0.39, 0.29) is 6.04 Å². The van der Waals surface area contributed by atoms with Gasteiger partial charge in [0.25, 0.3) is 0 Å². The topological polar surface area (TPSA) is 32.5 Å². The van der Waals surface area contributed by atoms with E-state index in [0.29, 0.717) is 6.54 Å². The highest BCUT2D eigenvalue weighted by molar-refractivity contribution is 6.30. The number of anilines is 2. The summed E-state index contributed by atoms with van der Waals surface area (Å²) in [5, 5.41) is 0.758. The van der Waals surface area contributed by atoms with E-state index in [4.69, 9.17) is 17.3 Å². The Bertz CT molecular complexity index is 654. The molecule has 3 nitrogen and oxygen atoms in total. The van der Waals surface area contributed by atoms with E-state index in [1.807, 2.05) is 18.2 Å². The molecule has 0 saturated carbocycles. The summed E-state index contributed by atoms with van der Waals surface area (Å²) in [6.45, 7) is 1.47. The fourth-order valence-electron chi connectivity index (χ4n) is 2.96. The van der Waals surface area contributed by atoms with Gasteiger partial charge in [-0.2, -0.15) is 0 Å². The third kappa shape index (κ3) is 2.59. The first kappa shape index (κ1) is 14.2. The summed E-state index contributed by atoms with van der Waals surface area (Å²) < 4.78 is 0. The average molecular weight is 302 g/mol. The standard InChI is InChI=1S/C17H20ClN3/c1-20(2)14-7-6-12-11-21(17(10-19)16(12)9-14)15-5-3-4-13(18)8-15/h3-9,17H,10-11,19H2,1-2H3. The van der Waals surface area contributed by atoms with Crippen molar-refractivity contribution in [2.24, 2.45) is 5.73 Å². The SMILES string of the molecule is CN(C)c1ccc2c(c1)C(CN)N(c1cccc(Cl)c1)C2. The Labute approximate surface area is 130 Å². The Kier molecular flexibility index (Phi) is 3.79. The highest BCUT2D eigenvalue weighted by Crippen LogP contribution is 2.39. The number of fused-ring (bicyclic) bond motifs is 1. The minimum Gasteiger partial charge on any atom is -0.378 e. The average Bonchev–Trinajstić information content (AvgIpc) is 2.84. The van der Waals surface area contributed by atoms with E-state index in [1.165, 1.54) is 16.8 Å². The molecule has 2 N–H and O–H groups in total. The molecule has 2 aromatic rings. The zero-order valence-electron chi connectivity index (χ0n) is 12.4. The number of nitrogens with two attached hydrogens (primary N) is 1. The zero-order chi connectivity index (χ0) is 15.0. The maximum absolute atomic E-state index is 6.13. The molecule has 1 aliphatic rings. The minimum absolute atomic E-state index is 0.207. The van der Waals surface area contributed by atoms with Crippen LogP contribution in [0.2, 0.25) is 5.02 Å². The first-order valence-electron chi connectivity index (χ1n) is 7.12. The van der Waals surface area contributed by atoms with Gasteiger partial charge < -0.3 is 15.5 Å². The van der Waals surface area contributed by atoms with Gasteiger partial charge in [0, 0.05) is 43.6 Å². The smallest absolute Gasteiger partial charge is 0.0672 e. The van der Waals surface area contributed by atoms with Gasteiger partial charge in [-0.15, -0.1) is 0 Å². The number of hydrogen-bond donors (Lipinski definition) is 1. The molecule has 1 unspecified atom stereocenters. The van der Waals surface area contributed by atoms with E-state index < -0.39 is 0 Å². The summed E-state index contributed by atoms with van der Waals surface area (Å²) in [5.74, 6) is 0. The van der Waals surface area contributed by atoms with Crippen LogP contribution in [0.5, 0.6) is 0 Å². The van der Waals surface area contributed by atoms with Gasteiger partial charge in [0.2, 0.25) is 0 Å². The lowest BCUT2D eigenvalue weighted by Crippen LogP contribution is -2.27. The Balaban J connectivity index is 2.00. The molecule has 21 heavy (non-hydrogen) atoms. The van der Waals surface area contributed by atoms with Crippen LogP contribution in [-0.4, -0.2) is 20.6 Å². The van der Waals surface area contributed by atoms with Crippen molar-refractivity contribution in [1.29, 1.82) is 0 Å². The number of halogens is 1. The molecule has 0 aromatic heterocycles. The van der Waals surface area contributed by atoms with Crippen LogP contribution in [0.4, 0.5) is 11.4 Å². The van der Waals surface area contributed by atoms with Crippen molar-refractivity contribution in [3.8, 4) is 0 Å². The zero-order valence-corrected chi connectivity index (χ0v) is 13.1. The summed E-state index contributed by atoms with van der Waals surface area (Å²) in [7, 11) is 4.12. The van der Waals surface area contributed by atoms with Gasteiger partial charge in [0.05, 0.1) is 6.04 Å². The van der Waals surface area contributed by atoms with Crippen LogP contribution in [0.1, 0.15) is 17.2 Å². The van der Waals surface area contributed by atoms with Crippen LogP contribution in [0.15, 0.2) is 42.5 Å². The van der Waals surface area contributed by atoms with Crippen LogP contribution in [0.3, 0.4) is 0 Å². The summed E-state index contributed by atoms with van der Waals surface area (Å²) in [5.41, 5.74) is 11.1. The fraction of sp³-hybridized carbons (Fsp3) is 0.294. The maximum Gasteiger partial charge on any atom is 0.0672 e. The first-order valence-corrected chi connectivity index (χ1v) is 7.50. The second kappa shape index (κ2) is 5.58. The minimum atomic E-state index is 0.207. The molecule has 110 valence electrons. The van der Waals surface area contributed by atoms with Crippen molar-refractivity contribution < 1.29 is 0 Å². The Hall–Kier alpha value is -1.71. The summed E-state index contributed by atoms with van der Waals surface area (Å²) in [6.07, 6.45) is 0. The van der Waals surface area contributed by atoms with Gasteiger partial charge in [0.15, 0.2) is 0 Å². The van der Waals surface area contributed by atoms with Crippen LogP contribution in [0, 0.1) is 0 Å². The van der Waals surface area contributed by atoms with Gasteiger partial charge >= 0.3 is 0 Å². The van der Waals surface area contributed by atoms with Crippen molar-refractivity contribution in [3.63, 3.8) is 0 Å². The number of rotatable bonds is 3. The number of benzene rings is 2. The van der Waals surface area contributed by atoms with Crippen LogP contribution in [0.25, 0.3) is 0 Å². The normalized spacial score (nSPS) is 17.0. The second-order valence-corrected chi connectivity index (χ2v) is 6.07. The monoisotopic (exact) mass is 301 g/mol. The molecule has 0 fully saturated rings. The molecule has 0 aliphatic carbocycles. The first-order chi connectivity index (χ1) is 10.1.